The Hall–Kier alpha value is -3.46. The molecule has 1 aliphatic rings. The summed E-state index contributed by atoms with van der Waals surface area (Å²) in [4.78, 5) is 31.2. The molecule has 31 heavy (non-hydrogen) atoms. The number of nitrogens with zero attached hydrogens (tertiary/aromatic N) is 4. The number of thiazole rings is 1. The van der Waals surface area contributed by atoms with Crippen molar-refractivity contribution >= 4 is 23.4 Å². The van der Waals surface area contributed by atoms with E-state index >= 15 is 0 Å². The lowest BCUT2D eigenvalue weighted by Gasteiger charge is -2.24. The van der Waals surface area contributed by atoms with Crippen LogP contribution in [0.1, 0.15) is 38.1 Å². The summed E-state index contributed by atoms with van der Waals surface area (Å²) in [6, 6.07) is 7.58. The molecule has 1 N–H and O–H groups in total. The highest BCUT2D eigenvalue weighted by atomic mass is 32.1. The van der Waals surface area contributed by atoms with E-state index in [9.17, 15) is 14.7 Å². The fraction of sp³-hybridized carbons (Fsp3) is 0.273. The molecule has 9 heteroatoms. The van der Waals surface area contributed by atoms with Crippen molar-refractivity contribution < 1.29 is 14.6 Å². The van der Waals surface area contributed by atoms with Crippen LogP contribution < -0.4 is 14.9 Å². The van der Waals surface area contributed by atoms with Crippen molar-refractivity contribution in [2.75, 3.05) is 6.61 Å². The maximum Gasteiger partial charge on any atom is 0.338 e. The summed E-state index contributed by atoms with van der Waals surface area (Å²) in [6.07, 6.45) is 3.58. The van der Waals surface area contributed by atoms with E-state index in [2.05, 4.69) is 10.1 Å². The summed E-state index contributed by atoms with van der Waals surface area (Å²) in [6.45, 7) is 6.40. The normalized spacial score (nSPS) is 16.2. The molecule has 0 spiro atoms. The van der Waals surface area contributed by atoms with Gasteiger partial charge in [0.2, 0.25) is 0 Å². The van der Waals surface area contributed by atoms with Crippen molar-refractivity contribution in [1.29, 1.82) is 0 Å². The SMILES string of the molecule is CCOC(=O)C1=C(C)N=c2sc(=Cc3ccn(CC)n3)c(=O)n2C1c1ccc(O)cc1. The third kappa shape index (κ3) is 3.84. The number of aryl methyl sites for hydroxylation is 1. The summed E-state index contributed by atoms with van der Waals surface area (Å²) in [5, 5.41) is 14.1. The number of phenols is 1. The summed E-state index contributed by atoms with van der Waals surface area (Å²) in [7, 11) is 0. The van der Waals surface area contributed by atoms with Crippen LogP contribution in [-0.4, -0.2) is 32.0 Å². The fourth-order valence-corrected chi connectivity index (χ4v) is 4.56. The third-order valence-corrected chi connectivity index (χ3v) is 5.97. The first-order valence-electron chi connectivity index (χ1n) is 9.95. The zero-order valence-corrected chi connectivity index (χ0v) is 18.2. The number of esters is 1. The Bertz CT molecular complexity index is 1350. The molecule has 1 aromatic carbocycles. The topological polar surface area (TPSA) is 98.7 Å². The largest absolute Gasteiger partial charge is 0.508 e. The van der Waals surface area contributed by atoms with Crippen molar-refractivity contribution in [3.05, 3.63) is 78.7 Å². The standard InChI is InChI=1S/C22H22N4O4S/c1-4-25-11-10-15(24-25)12-17-20(28)26-19(14-6-8-16(27)9-7-14)18(21(29)30-5-2)13(3)23-22(26)31-17/h6-12,19,27H,4-5H2,1-3H3. The quantitative estimate of drug-likeness (QED) is 0.612. The molecule has 1 aliphatic heterocycles. The van der Waals surface area contributed by atoms with Gasteiger partial charge in [0.1, 0.15) is 5.75 Å². The van der Waals surface area contributed by atoms with E-state index in [1.807, 2.05) is 19.2 Å². The maximum absolute atomic E-state index is 13.4. The van der Waals surface area contributed by atoms with Gasteiger partial charge in [0.05, 0.1) is 34.1 Å². The smallest absolute Gasteiger partial charge is 0.338 e. The summed E-state index contributed by atoms with van der Waals surface area (Å²) in [5.41, 5.74) is 1.90. The number of ether oxygens (including phenoxy) is 1. The van der Waals surface area contributed by atoms with Crippen LogP contribution in [0.3, 0.4) is 0 Å². The first-order chi connectivity index (χ1) is 14.9. The molecule has 3 heterocycles. The van der Waals surface area contributed by atoms with Crippen LogP contribution in [0.4, 0.5) is 0 Å². The molecule has 0 bridgehead atoms. The molecule has 4 rings (SSSR count). The predicted octanol–water partition coefficient (Wildman–Crippen LogP) is 1.72. The Morgan fingerprint density at radius 3 is 2.65 bits per heavy atom. The molecule has 8 nitrogen and oxygen atoms in total. The zero-order chi connectivity index (χ0) is 22.1. The Kier molecular flexibility index (Phi) is 5.60. The highest BCUT2D eigenvalue weighted by molar-refractivity contribution is 7.07. The van der Waals surface area contributed by atoms with Gasteiger partial charge in [-0.2, -0.15) is 5.10 Å². The number of hydrogen-bond acceptors (Lipinski definition) is 7. The fourth-order valence-electron chi connectivity index (χ4n) is 3.53. The highest BCUT2D eigenvalue weighted by Gasteiger charge is 2.33. The lowest BCUT2D eigenvalue weighted by Crippen LogP contribution is -2.39. The maximum atomic E-state index is 13.4. The lowest BCUT2D eigenvalue weighted by atomic mass is 9.96. The van der Waals surface area contributed by atoms with Crippen molar-refractivity contribution in [3.8, 4) is 5.75 Å². The molecule has 1 atom stereocenters. The molecule has 0 fully saturated rings. The van der Waals surface area contributed by atoms with E-state index in [1.54, 1.807) is 36.7 Å². The molecule has 0 saturated heterocycles. The van der Waals surface area contributed by atoms with Crippen LogP contribution in [0, 0.1) is 0 Å². The molecule has 0 radical (unpaired) electrons. The molecular formula is C22H22N4O4S. The number of carbonyl (C=O) groups is 1. The van der Waals surface area contributed by atoms with Crippen LogP contribution in [0.25, 0.3) is 6.08 Å². The average molecular weight is 439 g/mol. The Morgan fingerprint density at radius 2 is 2.00 bits per heavy atom. The second-order valence-corrected chi connectivity index (χ2v) is 8.00. The van der Waals surface area contributed by atoms with E-state index in [4.69, 9.17) is 4.74 Å². The molecule has 3 aromatic rings. The van der Waals surface area contributed by atoms with Crippen molar-refractivity contribution in [2.45, 2.75) is 33.4 Å². The van der Waals surface area contributed by atoms with Gasteiger partial charge < -0.3 is 9.84 Å². The van der Waals surface area contributed by atoms with Gasteiger partial charge in [0, 0.05) is 12.7 Å². The molecule has 2 aromatic heterocycles. The van der Waals surface area contributed by atoms with Gasteiger partial charge in [-0.1, -0.05) is 23.5 Å². The Labute approximate surface area is 182 Å². The minimum Gasteiger partial charge on any atom is -0.508 e. The third-order valence-electron chi connectivity index (χ3n) is 4.99. The summed E-state index contributed by atoms with van der Waals surface area (Å²) >= 11 is 1.25. The number of aromatic hydroxyl groups is 1. The van der Waals surface area contributed by atoms with E-state index in [1.165, 1.54) is 28.0 Å². The molecule has 1 unspecified atom stereocenters. The van der Waals surface area contributed by atoms with Crippen LogP contribution in [-0.2, 0) is 16.1 Å². The summed E-state index contributed by atoms with van der Waals surface area (Å²) in [5.74, 6) is -0.418. The lowest BCUT2D eigenvalue weighted by molar-refractivity contribution is -0.139. The monoisotopic (exact) mass is 438 g/mol. The Morgan fingerprint density at radius 1 is 1.26 bits per heavy atom. The van der Waals surface area contributed by atoms with Crippen LogP contribution in [0.15, 0.2) is 57.6 Å². The first-order valence-corrected chi connectivity index (χ1v) is 10.8. The van der Waals surface area contributed by atoms with Crippen molar-refractivity contribution in [2.24, 2.45) is 4.99 Å². The van der Waals surface area contributed by atoms with Gasteiger partial charge in [-0.15, -0.1) is 0 Å². The van der Waals surface area contributed by atoms with E-state index in [0.29, 0.717) is 31.9 Å². The minimum atomic E-state index is -0.703. The van der Waals surface area contributed by atoms with Gasteiger partial charge >= 0.3 is 5.97 Å². The van der Waals surface area contributed by atoms with Crippen molar-refractivity contribution in [3.63, 3.8) is 0 Å². The number of carbonyl (C=O) groups excluding carboxylic acids is 1. The zero-order valence-electron chi connectivity index (χ0n) is 17.4. The molecule has 0 saturated carbocycles. The number of hydrogen-bond donors (Lipinski definition) is 1. The average Bonchev–Trinajstić information content (AvgIpc) is 3.32. The van der Waals surface area contributed by atoms with Gasteiger partial charge in [-0.05, 0) is 50.6 Å². The number of benzene rings is 1. The minimum absolute atomic E-state index is 0.0982. The van der Waals surface area contributed by atoms with E-state index in [0.717, 1.165) is 6.54 Å². The van der Waals surface area contributed by atoms with Gasteiger partial charge in [0.15, 0.2) is 4.80 Å². The number of fused-ring (bicyclic) bond motifs is 1. The second kappa shape index (κ2) is 8.35. The molecule has 0 aliphatic carbocycles. The molecule has 160 valence electrons. The highest BCUT2D eigenvalue weighted by Crippen LogP contribution is 2.31. The molecule has 0 amide bonds. The van der Waals surface area contributed by atoms with Crippen LogP contribution in [0.5, 0.6) is 5.75 Å². The van der Waals surface area contributed by atoms with Gasteiger partial charge in [0.25, 0.3) is 5.56 Å². The summed E-state index contributed by atoms with van der Waals surface area (Å²) < 4.78 is 9.03. The van der Waals surface area contributed by atoms with Crippen molar-refractivity contribution in [1.82, 2.24) is 14.3 Å². The Balaban J connectivity index is 1.93. The number of phenolic OH excluding ortho intramolecular Hbond substituents is 1. The van der Waals surface area contributed by atoms with Crippen LogP contribution in [0.2, 0.25) is 0 Å². The van der Waals surface area contributed by atoms with E-state index < -0.39 is 12.0 Å². The van der Waals surface area contributed by atoms with Crippen LogP contribution >= 0.6 is 11.3 Å². The van der Waals surface area contributed by atoms with E-state index in [-0.39, 0.29) is 17.9 Å². The van der Waals surface area contributed by atoms with Gasteiger partial charge in [-0.3, -0.25) is 14.0 Å². The van der Waals surface area contributed by atoms with Gasteiger partial charge in [-0.25, -0.2) is 9.79 Å². The molecular weight excluding hydrogens is 416 g/mol. The predicted molar refractivity (Wildman–Crippen MR) is 116 cm³/mol. The second-order valence-electron chi connectivity index (χ2n) is 6.99. The number of aromatic nitrogens is 3. The number of rotatable bonds is 5. The number of allylic oxidation sites excluding steroid dienone is 1. The first kappa shape index (κ1) is 20.8.